The number of hydrazine groups is 1. The van der Waals surface area contributed by atoms with E-state index in [1.54, 1.807) is 17.1 Å². The zero-order chi connectivity index (χ0) is 25.8. The molecule has 11 heteroatoms. The number of benzene rings is 3. The highest BCUT2D eigenvalue weighted by Gasteiger charge is 2.21. The number of para-hydroxylation sites is 1. The van der Waals surface area contributed by atoms with Crippen LogP contribution in [0, 0.1) is 10.1 Å². The van der Waals surface area contributed by atoms with Gasteiger partial charge in [-0.25, -0.2) is 9.67 Å². The molecule has 2 N–H and O–H groups in total. The van der Waals surface area contributed by atoms with Crippen molar-refractivity contribution < 1.29 is 14.5 Å². The molecular weight excluding hydrogens is 474 g/mol. The summed E-state index contributed by atoms with van der Waals surface area (Å²) in [4.78, 5) is 40.8. The number of aromatic nitrogens is 4. The Morgan fingerprint density at radius 3 is 2.27 bits per heavy atom. The standard InChI is InChI=1S/C26H19N7O4/c34-25(19-11-12-22(23(15-19)33(36)37)31-14-13-27-17-31)28-29-26(35)21-16-32(20-9-5-2-6-10-20)30-24(21)18-7-3-1-4-8-18/h1-17H,(H,28,34)(H,29,35). The van der Waals surface area contributed by atoms with Crippen molar-refractivity contribution >= 4 is 17.5 Å². The van der Waals surface area contributed by atoms with Crippen molar-refractivity contribution in [3.63, 3.8) is 0 Å². The second-order valence-electron chi connectivity index (χ2n) is 7.88. The number of hydrogen-bond acceptors (Lipinski definition) is 6. The number of nitro benzene ring substituents is 1. The number of carbonyl (C=O) groups excluding carboxylic acids is 2. The van der Waals surface area contributed by atoms with E-state index < -0.39 is 16.7 Å². The summed E-state index contributed by atoms with van der Waals surface area (Å²) >= 11 is 0. The lowest BCUT2D eigenvalue weighted by Gasteiger charge is -2.09. The minimum Gasteiger partial charge on any atom is -0.300 e. The van der Waals surface area contributed by atoms with Gasteiger partial charge in [-0.3, -0.25) is 30.6 Å². The minimum atomic E-state index is -0.717. The molecule has 0 aliphatic carbocycles. The molecule has 0 unspecified atom stereocenters. The molecule has 0 spiro atoms. The van der Waals surface area contributed by atoms with Crippen LogP contribution in [0.15, 0.2) is 104 Å². The van der Waals surface area contributed by atoms with E-state index in [1.807, 2.05) is 60.7 Å². The van der Waals surface area contributed by atoms with Crippen molar-refractivity contribution in [3.8, 4) is 22.6 Å². The Balaban J connectivity index is 1.39. The van der Waals surface area contributed by atoms with Crippen molar-refractivity contribution in [3.05, 3.63) is 125 Å². The quantitative estimate of drug-likeness (QED) is 0.273. The second kappa shape index (κ2) is 9.96. The smallest absolute Gasteiger partial charge is 0.294 e. The Bertz CT molecular complexity index is 1580. The van der Waals surface area contributed by atoms with Gasteiger partial charge in [-0.15, -0.1) is 0 Å². The Kier molecular flexibility index (Phi) is 6.24. The normalized spacial score (nSPS) is 10.6. The molecule has 5 rings (SSSR count). The summed E-state index contributed by atoms with van der Waals surface area (Å²) in [5.74, 6) is -1.32. The van der Waals surface area contributed by atoms with Gasteiger partial charge in [0, 0.05) is 35.8 Å². The molecule has 2 amide bonds. The molecule has 0 atom stereocenters. The van der Waals surface area contributed by atoms with Crippen LogP contribution >= 0.6 is 0 Å². The lowest BCUT2D eigenvalue weighted by atomic mass is 10.1. The Labute approximate surface area is 210 Å². The first kappa shape index (κ1) is 23.2. The number of nitrogens with one attached hydrogen (secondary N) is 2. The van der Waals surface area contributed by atoms with Crippen molar-refractivity contribution in [1.82, 2.24) is 30.2 Å². The molecule has 37 heavy (non-hydrogen) atoms. The van der Waals surface area contributed by atoms with Crippen LogP contribution < -0.4 is 10.9 Å². The highest BCUT2D eigenvalue weighted by Crippen LogP contribution is 2.25. The number of nitrogens with zero attached hydrogens (tertiary/aromatic N) is 5. The molecule has 0 aliphatic rings. The van der Waals surface area contributed by atoms with Gasteiger partial charge >= 0.3 is 0 Å². The fraction of sp³-hybridized carbons (Fsp3) is 0. The molecule has 0 saturated carbocycles. The Morgan fingerprint density at radius 1 is 0.892 bits per heavy atom. The van der Waals surface area contributed by atoms with Gasteiger partial charge < -0.3 is 4.57 Å². The van der Waals surface area contributed by atoms with Gasteiger partial charge in [0.25, 0.3) is 17.5 Å². The maximum atomic E-state index is 13.1. The molecule has 0 fully saturated rings. The third-order valence-corrected chi connectivity index (χ3v) is 5.53. The number of hydrogen-bond donors (Lipinski definition) is 2. The Hall–Kier alpha value is -5.58. The third-order valence-electron chi connectivity index (χ3n) is 5.53. The first-order valence-corrected chi connectivity index (χ1v) is 11.1. The average molecular weight is 493 g/mol. The molecule has 0 saturated heterocycles. The molecule has 5 aromatic rings. The van der Waals surface area contributed by atoms with Crippen LogP contribution in [0.2, 0.25) is 0 Å². The molecule has 0 bridgehead atoms. The Morgan fingerprint density at radius 2 is 1.59 bits per heavy atom. The molecule has 2 heterocycles. The predicted molar refractivity (Wildman–Crippen MR) is 134 cm³/mol. The van der Waals surface area contributed by atoms with E-state index in [-0.39, 0.29) is 22.5 Å². The fourth-order valence-electron chi connectivity index (χ4n) is 3.75. The van der Waals surface area contributed by atoms with Gasteiger partial charge in [0.1, 0.15) is 11.4 Å². The van der Waals surface area contributed by atoms with Gasteiger partial charge in [0.15, 0.2) is 0 Å². The SMILES string of the molecule is O=C(NNC(=O)c1cn(-c2ccccc2)nc1-c1ccccc1)c1ccc(-n2ccnc2)c([N+](=O)[O-])c1. The number of nitro groups is 1. The maximum absolute atomic E-state index is 13.1. The molecule has 11 nitrogen and oxygen atoms in total. The van der Waals surface area contributed by atoms with Crippen LogP contribution in [0.1, 0.15) is 20.7 Å². The van der Waals surface area contributed by atoms with Gasteiger partial charge in [-0.1, -0.05) is 48.5 Å². The molecule has 182 valence electrons. The van der Waals surface area contributed by atoms with Crippen LogP contribution in [-0.2, 0) is 0 Å². The number of rotatable bonds is 6. The zero-order valence-corrected chi connectivity index (χ0v) is 19.2. The van der Waals surface area contributed by atoms with Gasteiger partial charge in [-0.05, 0) is 24.3 Å². The van der Waals surface area contributed by atoms with E-state index in [2.05, 4.69) is 20.9 Å². The van der Waals surface area contributed by atoms with Gasteiger partial charge in [0.05, 0.1) is 22.5 Å². The number of amides is 2. The van der Waals surface area contributed by atoms with E-state index in [4.69, 9.17) is 0 Å². The van der Waals surface area contributed by atoms with E-state index in [9.17, 15) is 19.7 Å². The zero-order valence-electron chi connectivity index (χ0n) is 19.2. The topological polar surface area (TPSA) is 137 Å². The minimum absolute atomic E-state index is 0.000807. The van der Waals surface area contributed by atoms with Crippen LogP contribution in [0.25, 0.3) is 22.6 Å². The predicted octanol–water partition coefficient (Wildman–Crippen LogP) is 3.71. The van der Waals surface area contributed by atoms with E-state index in [1.165, 1.54) is 29.2 Å². The first-order valence-electron chi connectivity index (χ1n) is 11.1. The molecule has 3 aromatic carbocycles. The average Bonchev–Trinajstić information content (AvgIpc) is 3.63. The van der Waals surface area contributed by atoms with Crippen LogP contribution in [0.5, 0.6) is 0 Å². The molecule has 0 radical (unpaired) electrons. The van der Waals surface area contributed by atoms with E-state index in [0.717, 1.165) is 17.3 Å². The van der Waals surface area contributed by atoms with Gasteiger partial charge in [-0.2, -0.15) is 5.10 Å². The summed E-state index contributed by atoms with van der Waals surface area (Å²) in [6.45, 7) is 0. The number of imidazole rings is 1. The van der Waals surface area contributed by atoms with E-state index in [0.29, 0.717) is 5.69 Å². The van der Waals surface area contributed by atoms with Gasteiger partial charge in [0.2, 0.25) is 0 Å². The fourth-order valence-corrected chi connectivity index (χ4v) is 3.75. The van der Waals surface area contributed by atoms with Crippen molar-refractivity contribution in [2.24, 2.45) is 0 Å². The first-order chi connectivity index (χ1) is 18.0. The molecular formula is C26H19N7O4. The van der Waals surface area contributed by atoms with E-state index >= 15 is 0 Å². The van der Waals surface area contributed by atoms with Crippen LogP contribution in [0.4, 0.5) is 5.69 Å². The summed E-state index contributed by atoms with van der Waals surface area (Å²) in [6, 6.07) is 22.5. The van der Waals surface area contributed by atoms with Crippen molar-refractivity contribution in [2.75, 3.05) is 0 Å². The van der Waals surface area contributed by atoms with Crippen molar-refractivity contribution in [2.45, 2.75) is 0 Å². The summed E-state index contributed by atoms with van der Waals surface area (Å²) in [5, 5.41) is 16.2. The lowest BCUT2D eigenvalue weighted by molar-refractivity contribution is -0.384. The third kappa shape index (κ3) is 4.82. The lowest BCUT2D eigenvalue weighted by Crippen LogP contribution is -2.41. The largest absolute Gasteiger partial charge is 0.300 e. The van der Waals surface area contributed by atoms with Crippen molar-refractivity contribution in [1.29, 1.82) is 0 Å². The second-order valence-corrected chi connectivity index (χ2v) is 7.88. The summed E-state index contributed by atoms with van der Waals surface area (Å²) in [5.41, 5.74) is 6.82. The highest BCUT2D eigenvalue weighted by molar-refractivity contribution is 6.02. The van der Waals surface area contributed by atoms with Crippen LogP contribution in [-0.4, -0.2) is 36.1 Å². The molecule has 0 aliphatic heterocycles. The number of carbonyl (C=O) groups is 2. The molecule has 2 aromatic heterocycles. The maximum Gasteiger partial charge on any atom is 0.294 e. The summed E-state index contributed by atoms with van der Waals surface area (Å²) < 4.78 is 3.05. The monoisotopic (exact) mass is 493 g/mol. The summed E-state index contributed by atoms with van der Waals surface area (Å²) in [7, 11) is 0. The van der Waals surface area contributed by atoms with Crippen LogP contribution in [0.3, 0.4) is 0 Å². The summed E-state index contributed by atoms with van der Waals surface area (Å²) in [6.07, 6.45) is 6.04. The highest BCUT2D eigenvalue weighted by atomic mass is 16.6.